The number of aliphatic hydroxyl groups is 2. The summed E-state index contributed by atoms with van der Waals surface area (Å²) in [5.74, 6) is 8.18. The van der Waals surface area contributed by atoms with Crippen molar-refractivity contribution in [1.82, 2.24) is 9.55 Å². The first kappa shape index (κ1) is 18.0. The molecule has 0 aliphatic carbocycles. The van der Waals surface area contributed by atoms with Gasteiger partial charge in [0.2, 0.25) is 0 Å². The Hall–Kier alpha value is -2.32. The van der Waals surface area contributed by atoms with Crippen LogP contribution in [0.3, 0.4) is 0 Å². The lowest BCUT2D eigenvalue weighted by molar-refractivity contribution is -0.0459. The molecule has 2 heterocycles. The van der Waals surface area contributed by atoms with Gasteiger partial charge in [-0.2, -0.15) is 0 Å². The Labute approximate surface area is 139 Å². The van der Waals surface area contributed by atoms with E-state index < -0.39 is 29.7 Å². The van der Waals surface area contributed by atoms with Crippen LogP contribution in [0.25, 0.3) is 0 Å². The molecule has 24 heavy (non-hydrogen) atoms. The van der Waals surface area contributed by atoms with Gasteiger partial charge in [-0.3, -0.25) is 14.3 Å². The van der Waals surface area contributed by atoms with Gasteiger partial charge >= 0.3 is 5.69 Å². The smallest absolute Gasteiger partial charge is 0.330 e. The average Bonchev–Trinajstić information content (AvgIpc) is 2.93. The number of aromatic amines is 1. The standard InChI is InChI=1S/C17H20N2O5/c1-2-3-4-5-6-7-8-12-10-19(17(23)18-16(12)22)15-9-13(21)14(11-20)24-15/h1,10,13-15,20-21H,3-6,9,11H2,(H,18,22,23). The lowest BCUT2D eigenvalue weighted by Crippen LogP contribution is -2.33. The second kappa shape index (κ2) is 8.51. The molecule has 1 aliphatic rings. The second-order valence-electron chi connectivity index (χ2n) is 5.54. The van der Waals surface area contributed by atoms with E-state index in [1.807, 2.05) is 0 Å². The summed E-state index contributed by atoms with van der Waals surface area (Å²) in [5, 5.41) is 18.9. The Morgan fingerprint density at radius 1 is 1.38 bits per heavy atom. The highest BCUT2D eigenvalue weighted by Crippen LogP contribution is 2.27. The fourth-order valence-electron chi connectivity index (χ4n) is 2.44. The van der Waals surface area contributed by atoms with Crippen LogP contribution in [0.1, 0.15) is 43.9 Å². The Morgan fingerprint density at radius 2 is 2.12 bits per heavy atom. The van der Waals surface area contributed by atoms with Crippen LogP contribution >= 0.6 is 0 Å². The molecule has 1 saturated heterocycles. The highest BCUT2D eigenvalue weighted by molar-refractivity contribution is 5.29. The predicted molar refractivity (Wildman–Crippen MR) is 87.1 cm³/mol. The van der Waals surface area contributed by atoms with Crippen molar-refractivity contribution in [2.45, 2.75) is 50.5 Å². The van der Waals surface area contributed by atoms with Gasteiger partial charge < -0.3 is 14.9 Å². The number of terminal acetylenes is 1. The number of aliphatic hydroxyl groups excluding tert-OH is 2. The van der Waals surface area contributed by atoms with E-state index in [0.29, 0.717) is 12.8 Å². The topological polar surface area (TPSA) is 105 Å². The normalized spacial score (nSPS) is 22.6. The maximum absolute atomic E-state index is 11.9. The molecule has 1 aromatic rings. The van der Waals surface area contributed by atoms with Crippen molar-refractivity contribution >= 4 is 0 Å². The Balaban J connectivity index is 2.15. The van der Waals surface area contributed by atoms with Crippen molar-refractivity contribution in [3.63, 3.8) is 0 Å². The summed E-state index contributed by atoms with van der Waals surface area (Å²) in [6, 6.07) is 0. The minimum absolute atomic E-state index is 0.149. The molecule has 0 aromatic carbocycles. The summed E-state index contributed by atoms with van der Waals surface area (Å²) in [6.07, 6.45) is 7.27. The third kappa shape index (κ3) is 4.36. The van der Waals surface area contributed by atoms with E-state index in [-0.39, 0.29) is 18.6 Å². The molecule has 1 aliphatic heterocycles. The molecule has 7 heteroatoms. The third-order valence-electron chi connectivity index (χ3n) is 3.76. The van der Waals surface area contributed by atoms with Gasteiger partial charge in [-0.05, 0) is 12.8 Å². The predicted octanol–water partition coefficient (Wildman–Crippen LogP) is -0.278. The van der Waals surface area contributed by atoms with Crippen LogP contribution in [0.2, 0.25) is 0 Å². The number of nitrogens with one attached hydrogen (secondary N) is 1. The van der Waals surface area contributed by atoms with Crippen molar-refractivity contribution in [3.8, 4) is 24.2 Å². The van der Waals surface area contributed by atoms with Crippen LogP contribution in [0.15, 0.2) is 15.8 Å². The quantitative estimate of drug-likeness (QED) is 0.508. The minimum atomic E-state index is -0.871. The first-order valence-corrected chi connectivity index (χ1v) is 7.79. The lowest BCUT2D eigenvalue weighted by Gasteiger charge is -2.14. The zero-order valence-corrected chi connectivity index (χ0v) is 13.2. The zero-order chi connectivity index (χ0) is 17.5. The van der Waals surface area contributed by atoms with E-state index in [2.05, 4.69) is 22.7 Å². The van der Waals surface area contributed by atoms with Gasteiger partial charge in [0.15, 0.2) is 0 Å². The van der Waals surface area contributed by atoms with Gasteiger partial charge in [0.25, 0.3) is 5.56 Å². The molecule has 0 saturated carbocycles. The minimum Gasteiger partial charge on any atom is -0.394 e. The molecule has 0 amide bonds. The summed E-state index contributed by atoms with van der Waals surface area (Å²) in [5.41, 5.74) is -1.06. The van der Waals surface area contributed by atoms with Gasteiger partial charge in [-0.1, -0.05) is 11.8 Å². The summed E-state index contributed by atoms with van der Waals surface area (Å²) in [7, 11) is 0. The van der Waals surface area contributed by atoms with E-state index in [0.717, 1.165) is 12.8 Å². The summed E-state index contributed by atoms with van der Waals surface area (Å²) < 4.78 is 6.61. The Morgan fingerprint density at radius 3 is 2.79 bits per heavy atom. The number of H-pyrrole nitrogens is 1. The van der Waals surface area contributed by atoms with Crippen molar-refractivity contribution in [2.24, 2.45) is 0 Å². The van der Waals surface area contributed by atoms with Crippen LogP contribution in [0.5, 0.6) is 0 Å². The molecule has 3 atom stereocenters. The van der Waals surface area contributed by atoms with Gasteiger partial charge in [0.1, 0.15) is 17.9 Å². The summed E-state index contributed by atoms with van der Waals surface area (Å²) >= 11 is 0. The molecule has 2 rings (SSSR count). The van der Waals surface area contributed by atoms with E-state index >= 15 is 0 Å². The number of hydrogen-bond donors (Lipinski definition) is 3. The van der Waals surface area contributed by atoms with Crippen LogP contribution in [0, 0.1) is 24.2 Å². The fraction of sp³-hybridized carbons (Fsp3) is 0.529. The molecule has 1 aromatic heterocycles. The van der Waals surface area contributed by atoms with Crippen LogP contribution in [-0.4, -0.2) is 38.6 Å². The third-order valence-corrected chi connectivity index (χ3v) is 3.76. The number of unbranched alkanes of at least 4 members (excludes halogenated alkanes) is 3. The molecular weight excluding hydrogens is 312 g/mol. The Kier molecular flexibility index (Phi) is 6.39. The van der Waals surface area contributed by atoms with Gasteiger partial charge in [0, 0.05) is 25.5 Å². The van der Waals surface area contributed by atoms with Crippen LogP contribution in [0.4, 0.5) is 0 Å². The van der Waals surface area contributed by atoms with Crippen LogP contribution in [-0.2, 0) is 4.74 Å². The van der Waals surface area contributed by atoms with Crippen molar-refractivity contribution < 1.29 is 14.9 Å². The summed E-state index contributed by atoms with van der Waals surface area (Å²) in [4.78, 5) is 26.0. The molecular formula is C17H20N2O5. The maximum atomic E-state index is 11.9. The van der Waals surface area contributed by atoms with E-state index in [9.17, 15) is 14.7 Å². The van der Waals surface area contributed by atoms with E-state index in [1.165, 1.54) is 10.8 Å². The van der Waals surface area contributed by atoms with Gasteiger partial charge in [-0.25, -0.2) is 4.79 Å². The molecule has 0 spiro atoms. The molecule has 1 fully saturated rings. The number of nitrogens with zero attached hydrogens (tertiary/aromatic N) is 1. The lowest BCUT2D eigenvalue weighted by atomic mass is 10.2. The maximum Gasteiger partial charge on any atom is 0.330 e. The van der Waals surface area contributed by atoms with Crippen LogP contribution < -0.4 is 11.2 Å². The van der Waals surface area contributed by atoms with Crippen molar-refractivity contribution in [1.29, 1.82) is 0 Å². The first-order valence-electron chi connectivity index (χ1n) is 7.79. The molecule has 0 bridgehead atoms. The SMILES string of the molecule is C#CCCCCC#Cc1cn(C2CC(O)C(CO)O2)c(=O)[nH]c1=O. The average molecular weight is 332 g/mol. The molecule has 3 unspecified atom stereocenters. The fourth-order valence-corrected chi connectivity index (χ4v) is 2.44. The van der Waals surface area contributed by atoms with Gasteiger partial charge in [-0.15, -0.1) is 12.3 Å². The number of aromatic nitrogens is 2. The number of rotatable bonds is 5. The number of hydrogen-bond acceptors (Lipinski definition) is 5. The zero-order valence-electron chi connectivity index (χ0n) is 13.2. The molecule has 0 radical (unpaired) electrons. The van der Waals surface area contributed by atoms with E-state index in [4.69, 9.17) is 16.3 Å². The van der Waals surface area contributed by atoms with Gasteiger partial charge in [0.05, 0.1) is 12.7 Å². The number of ether oxygens (including phenoxy) is 1. The second-order valence-corrected chi connectivity index (χ2v) is 5.54. The molecule has 7 nitrogen and oxygen atoms in total. The summed E-state index contributed by atoms with van der Waals surface area (Å²) in [6.45, 7) is -0.347. The Bertz CT molecular complexity index is 777. The molecule has 128 valence electrons. The van der Waals surface area contributed by atoms with Crippen molar-refractivity contribution in [2.75, 3.05) is 6.61 Å². The van der Waals surface area contributed by atoms with Crippen molar-refractivity contribution in [3.05, 3.63) is 32.6 Å². The molecule has 3 N–H and O–H groups in total. The first-order chi connectivity index (χ1) is 11.6. The monoisotopic (exact) mass is 332 g/mol. The highest BCUT2D eigenvalue weighted by Gasteiger charge is 2.35. The van der Waals surface area contributed by atoms with E-state index in [1.54, 1.807) is 0 Å². The largest absolute Gasteiger partial charge is 0.394 e. The highest BCUT2D eigenvalue weighted by atomic mass is 16.5.